The Morgan fingerprint density at radius 1 is 1.13 bits per heavy atom. The molecule has 0 amide bonds. The molecule has 1 aromatic carbocycles. The van der Waals surface area contributed by atoms with Crippen molar-refractivity contribution < 1.29 is 9.15 Å². The van der Waals surface area contributed by atoms with Gasteiger partial charge in [0.1, 0.15) is 12.4 Å². The van der Waals surface area contributed by atoms with Crippen molar-refractivity contribution in [1.29, 1.82) is 0 Å². The van der Waals surface area contributed by atoms with Gasteiger partial charge in [0.25, 0.3) is 0 Å². The quantitative estimate of drug-likeness (QED) is 0.418. The minimum Gasteiger partial charge on any atom is -0.474 e. The molecule has 7 nitrogen and oxygen atoms in total. The number of nitrogens with one attached hydrogen (secondary N) is 2. The van der Waals surface area contributed by atoms with Crippen LogP contribution < -0.4 is 15.4 Å². The number of hydrogen-bond acceptors (Lipinski definition) is 5. The summed E-state index contributed by atoms with van der Waals surface area (Å²) in [7, 11) is 0. The summed E-state index contributed by atoms with van der Waals surface area (Å²) < 4.78 is 11.7. The van der Waals surface area contributed by atoms with Crippen molar-refractivity contribution in [1.82, 2.24) is 20.6 Å². The Hall–Kier alpha value is -3.35. The molecule has 0 atom stereocenters. The molecule has 162 valence electrons. The third-order valence-corrected chi connectivity index (χ3v) is 5.19. The Kier molecular flexibility index (Phi) is 7.16. The average molecular weight is 420 g/mol. The molecule has 0 unspecified atom stereocenters. The molecule has 1 aliphatic carbocycles. The molecular weight excluding hydrogens is 390 g/mol. The predicted molar refractivity (Wildman–Crippen MR) is 121 cm³/mol. The van der Waals surface area contributed by atoms with Crippen LogP contribution in [-0.4, -0.2) is 28.6 Å². The zero-order valence-corrected chi connectivity index (χ0v) is 17.9. The van der Waals surface area contributed by atoms with Crippen LogP contribution in [0.25, 0.3) is 11.5 Å². The van der Waals surface area contributed by atoms with Gasteiger partial charge in [0.2, 0.25) is 11.8 Å². The van der Waals surface area contributed by atoms with Crippen LogP contribution in [0.4, 0.5) is 0 Å². The lowest BCUT2D eigenvalue weighted by atomic mass is 10.2. The number of benzene rings is 1. The van der Waals surface area contributed by atoms with Gasteiger partial charge in [0.15, 0.2) is 5.96 Å². The predicted octanol–water partition coefficient (Wildman–Crippen LogP) is 4.31. The molecular formula is C24H29N5O2. The van der Waals surface area contributed by atoms with E-state index in [1.54, 1.807) is 12.5 Å². The number of nitrogens with zero attached hydrogens (tertiary/aromatic N) is 3. The molecule has 0 spiro atoms. The van der Waals surface area contributed by atoms with Crippen LogP contribution in [0.2, 0.25) is 0 Å². The Morgan fingerprint density at radius 2 is 1.97 bits per heavy atom. The fourth-order valence-corrected chi connectivity index (χ4v) is 3.60. The Balaban J connectivity index is 1.38. The monoisotopic (exact) mass is 419 g/mol. The van der Waals surface area contributed by atoms with Crippen LogP contribution in [-0.2, 0) is 13.1 Å². The summed E-state index contributed by atoms with van der Waals surface area (Å²) in [4.78, 5) is 13.7. The van der Waals surface area contributed by atoms with Crippen LogP contribution in [0.15, 0.2) is 64.3 Å². The van der Waals surface area contributed by atoms with Crippen molar-refractivity contribution in [3.63, 3.8) is 0 Å². The Bertz CT molecular complexity index is 980. The highest BCUT2D eigenvalue weighted by molar-refractivity contribution is 5.79. The van der Waals surface area contributed by atoms with Gasteiger partial charge in [-0.15, -0.1) is 0 Å². The smallest absolute Gasteiger partial charge is 0.226 e. The summed E-state index contributed by atoms with van der Waals surface area (Å²) in [5.41, 5.74) is 2.76. The molecule has 0 radical (unpaired) electrons. The lowest BCUT2D eigenvalue weighted by Crippen LogP contribution is -2.36. The van der Waals surface area contributed by atoms with Gasteiger partial charge in [-0.05, 0) is 50.8 Å². The number of aromatic nitrogens is 2. The SMILES string of the molecule is CCNC(=NCc1cccnc1OC1CCCC1)NCc1coc(-c2ccccc2)n1. The number of ether oxygens (including phenoxy) is 1. The van der Waals surface area contributed by atoms with E-state index in [4.69, 9.17) is 14.1 Å². The van der Waals surface area contributed by atoms with Crippen molar-refractivity contribution in [3.8, 4) is 17.3 Å². The summed E-state index contributed by atoms with van der Waals surface area (Å²) in [6.07, 6.45) is 8.39. The van der Waals surface area contributed by atoms with Gasteiger partial charge >= 0.3 is 0 Å². The number of guanidine groups is 1. The number of rotatable bonds is 8. The van der Waals surface area contributed by atoms with Gasteiger partial charge in [-0.25, -0.2) is 15.0 Å². The first-order chi connectivity index (χ1) is 15.3. The fourth-order valence-electron chi connectivity index (χ4n) is 3.60. The molecule has 31 heavy (non-hydrogen) atoms. The van der Waals surface area contributed by atoms with Gasteiger partial charge in [0.05, 0.1) is 18.8 Å². The molecule has 2 aromatic heterocycles. The number of oxazole rings is 1. The molecule has 7 heteroatoms. The van der Waals surface area contributed by atoms with E-state index >= 15 is 0 Å². The molecule has 0 saturated heterocycles. The minimum absolute atomic E-state index is 0.273. The standard InChI is InChI=1S/C24H29N5O2/c1-2-25-24(28-16-20-17-30-23(29-20)18-9-4-3-5-10-18)27-15-19-11-8-14-26-22(19)31-21-12-6-7-13-21/h3-5,8-11,14,17,21H,2,6-7,12-13,15-16H2,1H3,(H2,25,27,28). The fraction of sp³-hybridized carbons (Fsp3) is 0.375. The van der Waals surface area contributed by atoms with Crippen LogP contribution in [0.3, 0.4) is 0 Å². The maximum absolute atomic E-state index is 6.13. The second kappa shape index (κ2) is 10.6. The van der Waals surface area contributed by atoms with Crippen molar-refractivity contribution in [2.45, 2.75) is 51.8 Å². The lowest BCUT2D eigenvalue weighted by Gasteiger charge is -2.15. The van der Waals surface area contributed by atoms with E-state index in [0.717, 1.165) is 36.2 Å². The van der Waals surface area contributed by atoms with Gasteiger partial charge < -0.3 is 19.8 Å². The van der Waals surface area contributed by atoms with Gasteiger partial charge in [-0.1, -0.05) is 24.3 Å². The van der Waals surface area contributed by atoms with Crippen molar-refractivity contribution >= 4 is 5.96 Å². The van der Waals surface area contributed by atoms with Gasteiger partial charge in [-0.3, -0.25) is 0 Å². The second-order valence-electron chi connectivity index (χ2n) is 7.55. The van der Waals surface area contributed by atoms with E-state index in [0.29, 0.717) is 30.8 Å². The lowest BCUT2D eigenvalue weighted by molar-refractivity contribution is 0.199. The largest absolute Gasteiger partial charge is 0.474 e. The van der Waals surface area contributed by atoms with Crippen molar-refractivity contribution in [2.24, 2.45) is 4.99 Å². The van der Waals surface area contributed by atoms with E-state index < -0.39 is 0 Å². The van der Waals surface area contributed by atoms with E-state index in [-0.39, 0.29) is 6.10 Å². The molecule has 1 saturated carbocycles. The minimum atomic E-state index is 0.273. The average Bonchev–Trinajstić information content (AvgIpc) is 3.49. The zero-order chi connectivity index (χ0) is 21.3. The molecule has 0 aliphatic heterocycles. The summed E-state index contributed by atoms with van der Waals surface area (Å²) in [5, 5.41) is 6.59. The normalized spacial score (nSPS) is 14.5. The number of pyridine rings is 1. The van der Waals surface area contributed by atoms with Crippen molar-refractivity contribution in [2.75, 3.05) is 6.54 Å². The van der Waals surface area contributed by atoms with Crippen molar-refractivity contribution in [3.05, 3.63) is 66.2 Å². The Labute approximate surface area is 183 Å². The molecule has 0 bridgehead atoms. The first-order valence-electron chi connectivity index (χ1n) is 10.9. The summed E-state index contributed by atoms with van der Waals surface area (Å²) >= 11 is 0. The van der Waals surface area contributed by atoms with E-state index in [1.807, 2.05) is 49.4 Å². The third-order valence-electron chi connectivity index (χ3n) is 5.19. The molecule has 3 aromatic rings. The number of hydrogen-bond donors (Lipinski definition) is 2. The van der Waals surface area contributed by atoms with Gasteiger partial charge in [-0.2, -0.15) is 0 Å². The van der Waals surface area contributed by atoms with Crippen LogP contribution in [0.5, 0.6) is 5.88 Å². The highest BCUT2D eigenvalue weighted by atomic mass is 16.5. The van der Waals surface area contributed by atoms with Crippen LogP contribution >= 0.6 is 0 Å². The molecule has 4 rings (SSSR count). The maximum atomic E-state index is 6.13. The highest BCUT2D eigenvalue weighted by Gasteiger charge is 2.18. The molecule has 2 N–H and O–H groups in total. The molecule has 1 fully saturated rings. The second-order valence-corrected chi connectivity index (χ2v) is 7.55. The molecule has 1 aliphatic rings. The summed E-state index contributed by atoms with van der Waals surface area (Å²) in [6, 6.07) is 13.8. The van der Waals surface area contributed by atoms with E-state index in [1.165, 1.54) is 12.8 Å². The van der Waals surface area contributed by atoms with Crippen LogP contribution in [0, 0.1) is 0 Å². The van der Waals surface area contributed by atoms with E-state index in [2.05, 4.69) is 20.6 Å². The summed E-state index contributed by atoms with van der Waals surface area (Å²) in [6.45, 7) is 3.80. The zero-order valence-electron chi connectivity index (χ0n) is 17.9. The molecule has 2 heterocycles. The highest BCUT2D eigenvalue weighted by Crippen LogP contribution is 2.25. The van der Waals surface area contributed by atoms with Gasteiger partial charge in [0, 0.05) is 23.9 Å². The third kappa shape index (κ3) is 5.84. The van der Waals surface area contributed by atoms with Crippen LogP contribution in [0.1, 0.15) is 43.9 Å². The summed E-state index contributed by atoms with van der Waals surface area (Å²) in [5.74, 6) is 2.02. The topological polar surface area (TPSA) is 84.6 Å². The first-order valence-corrected chi connectivity index (χ1v) is 10.9. The number of aliphatic imine (C=N–C) groups is 1. The Morgan fingerprint density at radius 3 is 2.77 bits per heavy atom. The first kappa shape index (κ1) is 20.9. The van der Waals surface area contributed by atoms with E-state index in [9.17, 15) is 0 Å². The maximum Gasteiger partial charge on any atom is 0.226 e.